The number of amides is 1. The first-order chi connectivity index (χ1) is 13.3. The molecule has 6 heteroatoms. The number of carbonyl (C=O) groups excluding carboxylic acids is 2. The van der Waals surface area contributed by atoms with Gasteiger partial charge in [-0.1, -0.05) is 49.7 Å². The molecule has 0 bridgehead atoms. The van der Waals surface area contributed by atoms with Gasteiger partial charge in [-0.2, -0.15) is 0 Å². The molecule has 0 fully saturated rings. The molecule has 1 N–H and O–H groups in total. The van der Waals surface area contributed by atoms with Gasteiger partial charge in [0.15, 0.2) is 6.10 Å². The van der Waals surface area contributed by atoms with Gasteiger partial charge < -0.3 is 14.8 Å². The maximum absolute atomic E-state index is 12.3. The molecule has 5 nitrogen and oxygen atoms in total. The summed E-state index contributed by atoms with van der Waals surface area (Å²) < 4.78 is 10.3. The number of benzene rings is 2. The molecule has 2 aromatic carbocycles. The minimum Gasteiger partial charge on any atom is -0.495 e. The van der Waals surface area contributed by atoms with Crippen LogP contribution in [0, 0.1) is 0 Å². The van der Waals surface area contributed by atoms with Crippen molar-refractivity contribution in [1.29, 1.82) is 0 Å². The minimum absolute atomic E-state index is 0.406. The average molecular weight is 402 g/mol. The van der Waals surface area contributed by atoms with Crippen molar-refractivity contribution in [3.8, 4) is 5.75 Å². The Morgan fingerprint density at radius 3 is 2.36 bits per heavy atom. The minimum atomic E-state index is -0.982. The van der Waals surface area contributed by atoms with Gasteiger partial charge in [-0.25, -0.2) is 4.79 Å². The highest BCUT2D eigenvalue weighted by Crippen LogP contribution is 2.27. The first-order valence-corrected chi connectivity index (χ1v) is 9.31. The topological polar surface area (TPSA) is 64.6 Å². The van der Waals surface area contributed by atoms with Crippen molar-refractivity contribution in [3.63, 3.8) is 0 Å². The Kier molecular flexibility index (Phi) is 7.64. The molecular formula is C22H24ClNO4. The van der Waals surface area contributed by atoms with Crippen molar-refractivity contribution in [2.75, 3.05) is 12.4 Å². The average Bonchev–Trinajstić information content (AvgIpc) is 2.66. The number of methoxy groups -OCH3 is 1. The number of nitrogens with one attached hydrogen (secondary N) is 1. The third kappa shape index (κ3) is 6.13. The van der Waals surface area contributed by atoms with Crippen LogP contribution in [0.2, 0.25) is 5.02 Å². The van der Waals surface area contributed by atoms with E-state index in [-0.39, 0.29) is 0 Å². The van der Waals surface area contributed by atoms with Crippen LogP contribution in [0.25, 0.3) is 6.08 Å². The summed E-state index contributed by atoms with van der Waals surface area (Å²) in [6.45, 7) is 5.73. The number of hydrogen-bond acceptors (Lipinski definition) is 4. The van der Waals surface area contributed by atoms with E-state index in [4.69, 9.17) is 21.1 Å². The number of anilines is 1. The fourth-order valence-corrected chi connectivity index (χ4v) is 2.61. The number of rotatable bonds is 7. The molecule has 0 spiro atoms. The summed E-state index contributed by atoms with van der Waals surface area (Å²) in [7, 11) is 1.49. The maximum Gasteiger partial charge on any atom is 0.331 e. The van der Waals surface area contributed by atoms with E-state index in [9.17, 15) is 9.59 Å². The normalized spacial score (nSPS) is 12.1. The van der Waals surface area contributed by atoms with Crippen LogP contribution in [-0.2, 0) is 14.3 Å². The molecule has 1 unspecified atom stereocenters. The SMILES string of the molecule is COc1ccc(Cl)cc1NC(=O)C(C)OC(=O)C=Cc1ccc(C(C)C)cc1. The van der Waals surface area contributed by atoms with E-state index in [1.807, 2.05) is 24.3 Å². The molecule has 0 heterocycles. The van der Waals surface area contributed by atoms with Gasteiger partial charge in [0.2, 0.25) is 0 Å². The summed E-state index contributed by atoms with van der Waals surface area (Å²) >= 11 is 5.95. The second kappa shape index (κ2) is 9.95. The lowest BCUT2D eigenvalue weighted by atomic mass is 10.0. The van der Waals surface area contributed by atoms with E-state index in [2.05, 4.69) is 19.2 Å². The molecule has 1 atom stereocenters. The van der Waals surface area contributed by atoms with Crippen molar-refractivity contribution in [1.82, 2.24) is 0 Å². The smallest absolute Gasteiger partial charge is 0.331 e. The Morgan fingerprint density at radius 1 is 1.07 bits per heavy atom. The Morgan fingerprint density at radius 2 is 1.75 bits per heavy atom. The van der Waals surface area contributed by atoms with E-state index in [1.54, 1.807) is 24.3 Å². The standard InChI is InChI=1S/C22H24ClNO4/c1-14(2)17-8-5-16(6-9-17)7-12-21(25)28-15(3)22(26)24-19-13-18(23)10-11-20(19)27-4/h5-15H,1-4H3,(H,24,26). The predicted octanol–water partition coefficient (Wildman–Crippen LogP) is 5.06. The van der Waals surface area contributed by atoms with Gasteiger partial charge in [-0.05, 0) is 48.2 Å². The molecule has 2 rings (SSSR count). The van der Waals surface area contributed by atoms with Gasteiger partial charge in [-0.15, -0.1) is 0 Å². The number of ether oxygens (including phenoxy) is 2. The fourth-order valence-electron chi connectivity index (χ4n) is 2.44. The zero-order valence-corrected chi connectivity index (χ0v) is 17.1. The molecule has 0 aliphatic rings. The highest BCUT2D eigenvalue weighted by molar-refractivity contribution is 6.31. The highest BCUT2D eigenvalue weighted by Gasteiger charge is 2.18. The van der Waals surface area contributed by atoms with Crippen molar-refractivity contribution >= 4 is 35.2 Å². The van der Waals surface area contributed by atoms with Crippen LogP contribution in [0.15, 0.2) is 48.5 Å². The molecule has 28 heavy (non-hydrogen) atoms. The molecule has 0 saturated heterocycles. The summed E-state index contributed by atoms with van der Waals surface area (Å²) in [5.74, 6) is -0.182. The van der Waals surface area contributed by atoms with Gasteiger partial charge >= 0.3 is 5.97 Å². The quantitative estimate of drug-likeness (QED) is 0.520. The second-order valence-corrected chi connectivity index (χ2v) is 7.00. The van der Waals surface area contributed by atoms with Crippen molar-refractivity contribution in [2.24, 2.45) is 0 Å². The number of carbonyl (C=O) groups is 2. The lowest BCUT2D eigenvalue weighted by Gasteiger charge is -2.14. The van der Waals surface area contributed by atoms with E-state index in [1.165, 1.54) is 25.7 Å². The molecule has 1 amide bonds. The van der Waals surface area contributed by atoms with Crippen molar-refractivity contribution in [3.05, 3.63) is 64.7 Å². The summed E-state index contributed by atoms with van der Waals surface area (Å²) in [5, 5.41) is 3.10. The molecule has 2 aromatic rings. The summed E-state index contributed by atoms with van der Waals surface area (Å²) in [4.78, 5) is 24.3. The largest absolute Gasteiger partial charge is 0.495 e. The van der Waals surface area contributed by atoms with Gasteiger partial charge in [-0.3, -0.25) is 4.79 Å². The number of hydrogen-bond donors (Lipinski definition) is 1. The van der Waals surface area contributed by atoms with Gasteiger partial charge in [0.1, 0.15) is 5.75 Å². The summed E-state index contributed by atoms with van der Waals surface area (Å²) in [5.41, 5.74) is 2.51. The first-order valence-electron chi connectivity index (χ1n) is 8.93. The number of esters is 1. The van der Waals surface area contributed by atoms with Crippen LogP contribution >= 0.6 is 11.6 Å². The van der Waals surface area contributed by atoms with Gasteiger partial charge in [0.25, 0.3) is 5.91 Å². The van der Waals surface area contributed by atoms with E-state index < -0.39 is 18.0 Å². The Bertz CT molecular complexity index is 859. The molecule has 0 radical (unpaired) electrons. The van der Waals surface area contributed by atoms with Crippen LogP contribution < -0.4 is 10.1 Å². The van der Waals surface area contributed by atoms with E-state index >= 15 is 0 Å². The van der Waals surface area contributed by atoms with Crippen LogP contribution in [-0.4, -0.2) is 25.1 Å². The predicted molar refractivity (Wildman–Crippen MR) is 112 cm³/mol. The Balaban J connectivity index is 1.94. The van der Waals surface area contributed by atoms with Crippen molar-refractivity contribution in [2.45, 2.75) is 32.8 Å². The van der Waals surface area contributed by atoms with Crippen LogP contribution in [0.1, 0.15) is 37.8 Å². The Labute approximate surface area is 170 Å². The third-order valence-corrected chi connectivity index (χ3v) is 4.33. The van der Waals surface area contributed by atoms with E-state index in [0.29, 0.717) is 22.4 Å². The third-order valence-electron chi connectivity index (χ3n) is 4.10. The van der Waals surface area contributed by atoms with Gasteiger partial charge in [0.05, 0.1) is 12.8 Å². The van der Waals surface area contributed by atoms with E-state index in [0.717, 1.165) is 5.56 Å². The lowest BCUT2D eigenvalue weighted by Crippen LogP contribution is -2.29. The van der Waals surface area contributed by atoms with Gasteiger partial charge in [0, 0.05) is 11.1 Å². The highest BCUT2D eigenvalue weighted by atomic mass is 35.5. The second-order valence-electron chi connectivity index (χ2n) is 6.57. The van der Waals surface area contributed by atoms with Crippen LogP contribution in [0.5, 0.6) is 5.75 Å². The molecular weight excluding hydrogens is 378 g/mol. The molecule has 0 saturated carbocycles. The fraction of sp³-hybridized carbons (Fsp3) is 0.273. The van der Waals surface area contributed by atoms with Crippen LogP contribution in [0.4, 0.5) is 5.69 Å². The first kappa shape index (κ1) is 21.5. The monoisotopic (exact) mass is 401 g/mol. The molecule has 0 aliphatic heterocycles. The molecule has 0 aliphatic carbocycles. The van der Waals surface area contributed by atoms with Crippen LogP contribution in [0.3, 0.4) is 0 Å². The lowest BCUT2D eigenvalue weighted by molar-refractivity contribution is -0.148. The Hall–Kier alpha value is -2.79. The molecule has 148 valence electrons. The zero-order chi connectivity index (χ0) is 20.7. The van der Waals surface area contributed by atoms with Crippen molar-refractivity contribution < 1.29 is 19.1 Å². The zero-order valence-electron chi connectivity index (χ0n) is 16.4. The maximum atomic E-state index is 12.3. The summed E-state index contributed by atoms with van der Waals surface area (Å²) in [6, 6.07) is 12.8. The molecule has 0 aromatic heterocycles. The summed E-state index contributed by atoms with van der Waals surface area (Å²) in [6.07, 6.45) is 1.97. The number of halogens is 1.